The molecule has 1 atom stereocenters. The summed E-state index contributed by atoms with van der Waals surface area (Å²) in [6.07, 6.45) is 2.94. The molecule has 3 nitrogen and oxygen atoms in total. The van der Waals surface area contributed by atoms with E-state index in [0.717, 1.165) is 30.6 Å². The average Bonchev–Trinajstić information content (AvgIpc) is 2.18. The Morgan fingerprint density at radius 3 is 2.39 bits per heavy atom. The zero-order chi connectivity index (χ0) is 14.1. The molecule has 1 aliphatic rings. The Morgan fingerprint density at radius 1 is 1.39 bits per heavy atom. The minimum Gasteiger partial charge on any atom is -0.547 e. The standard InChI is InChI=1S/C14H26O3Si/c1-10-11(14(2,3)13(15)16)8-7-9-12(10)17-18(4,5)6/h11H,7-9H2,1-6H3,(H,15,16). The molecule has 1 N–H and O–H groups in total. The van der Waals surface area contributed by atoms with Crippen molar-refractivity contribution in [3.8, 4) is 0 Å². The summed E-state index contributed by atoms with van der Waals surface area (Å²) in [5.41, 5.74) is 0.439. The second kappa shape index (κ2) is 5.08. The minimum atomic E-state index is -1.61. The summed E-state index contributed by atoms with van der Waals surface area (Å²) in [6.45, 7) is 12.2. The monoisotopic (exact) mass is 270 g/mol. The van der Waals surface area contributed by atoms with Gasteiger partial charge in [-0.1, -0.05) is 0 Å². The molecule has 0 saturated carbocycles. The van der Waals surface area contributed by atoms with Crippen molar-refractivity contribution < 1.29 is 14.3 Å². The molecular formula is C14H26O3Si. The maximum absolute atomic E-state index is 11.4. The minimum absolute atomic E-state index is 0.0927. The van der Waals surface area contributed by atoms with Crippen LogP contribution in [0.1, 0.15) is 40.0 Å². The number of rotatable bonds is 4. The van der Waals surface area contributed by atoms with Crippen LogP contribution < -0.4 is 0 Å². The van der Waals surface area contributed by atoms with Gasteiger partial charge in [0.25, 0.3) is 0 Å². The van der Waals surface area contributed by atoms with E-state index in [0.29, 0.717) is 0 Å². The number of allylic oxidation sites excluding steroid dienone is 2. The fourth-order valence-electron chi connectivity index (χ4n) is 2.63. The summed E-state index contributed by atoms with van der Waals surface area (Å²) in [4.78, 5) is 11.4. The van der Waals surface area contributed by atoms with E-state index in [9.17, 15) is 9.90 Å². The van der Waals surface area contributed by atoms with Gasteiger partial charge in [0.05, 0.1) is 11.2 Å². The molecular weight excluding hydrogens is 244 g/mol. The molecule has 1 unspecified atom stereocenters. The van der Waals surface area contributed by atoms with E-state index in [4.69, 9.17) is 4.43 Å². The molecule has 4 heteroatoms. The maximum atomic E-state index is 11.4. The van der Waals surface area contributed by atoms with Crippen LogP contribution in [0.3, 0.4) is 0 Å². The predicted octanol–water partition coefficient (Wildman–Crippen LogP) is 4.02. The van der Waals surface area contributed by atoms with E-state index in [1.54, 1.807) is 0 Å². The topological polar surface area (TPSA) is 46.5 Å². The first kappa shape index (κ1) is 15.3. The molecule has 1 aliphatic carbocycles. The zero-order valence-electron chi connectivity index (χ0n) is 12.5. The third-order valence-electron chi connectivity index (χ3n) is 3.71. The summed E-state index contributed by atoms with van der Waals surface area (Å²) in [5, 5.41) is 9.38. The van der Waals surface area contributed by atoms with Crippen LogP contribution in [0.15, 0.2) is 11.3 Å². The summed E-state index contributed by atoms with van der Waals surface area (Å²) < 4.78 is 6.12. The maximum Gasteiger partial charge on any atom is 0.309 e. The number of aliphatic carboxylic acids is 1. The Labute approximate surface area is 111 Å². The zero-order valence-corrected chi connectivity index (χ0v) is 13.5. The van der Waals surface area contributed by atoms with Crippen molar-refractivity contribution in [3.63, 3.8) is 0 Å². The molecule has 0 aromatic rings. The van der Waals surface area contributed by atoms with Gasteiger partial charge < -0.3 is 9.53 Å². The van der Waals surface area contributed by atoms with Crippen molar-refractivity contribution in [2.24, 2.45) is 11.3 Å². The molecule has 1 rings (SSSR count). The van der Waals surface area contributed by atoms with Crippen LogP contribution >= 0.6 is 0 Å². The van der Waals surface area contributed by atoms with Crippen molar-refractivity contribution in [3.05, 3.63) is 11.3 Å². The lowest BCUT2D eigenvalue weighted by Crippen LogP contribution is -2.36. The number of hydrogen-bond donors (Lipinski definition) is 1. The molecule has 0 heterocycles. The Balaban J connectivity index is 3.03. The molecule has 0 aliphatic heterocycles. The van der Waals surface area contributed by atoms with Gasteiger partial charge in [-0.05, 0) is 64.7 Å². The predicted molar refractivity (Wildman–Crippen MR) is 75.9 cm³/mol. The molecule has 0 aromatic carbocycles. The van der Waals surface area contributed by atoms with Gasteiger partial charge in [-0.15, -0.1) is 0 Å². The highest BCUT2D eigenvalue weighted by Gasteiger charge is 2.40. The van der Waals surface area contributed by atoms with Crippen LogP contribution in [-0.4, -0.2) is 19.4 Å². The SMILES string of the molecule is CC1=C(O[Si](C)(C)C)CCCC1C(C)(C)C(=O)O. The molecule has 0 aromatic heterocycles. The van der Waals surface area contributed by atoms with E-state index in [1.165, 1.54) is 0 Å². The van der Waals surface area contributed by atoms with Crippen molar-refractivity contribution in [2.75, 3.05) is 0 Å². The number of carbonyl (C=O) groups is 1. The largest absolute Gasteiger partial charge is 0.547 e. The molecule has 0 bridgehead atoms. The highest BCUT2D eigenvalue weighted by Crippen LogP contribution is 2.42. The average molecular weight is 270 g/mol. The van der Waals surface area contributed by atoms with Crippen molar-refractivity contribution in [2.45, 2.75) is 59.7 Å². The first-order valence-corrected chi connectivity index (χ1v) is 10.1. The lowest BCUT2D eigenvalue weighted by atomic mass is 9.70. The van der Waals surface area contributed by atoms with Gasteiger partial charge in [-0.2, -0.15) is 0 Å². The normalized spacial score (nSPS) is 22.0. The second-order valence-electron chi connectivity index (χ2n) is 6.79. The fraction of sp³-hybridized carbons (Fsp3) is 0.786. The lowest BCUT2D eigenvalue weighted by molar-refractivity contribution is -0.149. The van der Waals surface area contributed by atoms with Gasteiger partial charge >= 0.3 is 5.97 Å². The van der Waals surface area contributed by atoms with Gasteiger partial charge in [-0.25, -0.2) is 0 Å². The van der Waals surface area contributed by atoms with Crippen LogP contribution in [0.2, 0.25) is 19.6 Å². The first-order valence-electron chi connectivity index (χ1n) is 6.68. The summed E-state index contributed by atoms with van der Waals surface area (Å²) in [5.74, 6) is 0.427. The van der Waals surface area contributed by atoms with E-state index < -0.39 is 19.7 Å². The summed E-state index contributed by atoms with van der Waals surface area (Å²) in [6, 6.07) is 0. The van der Waals surface area contributed by atoms with Crippen LogP contribution in [0.25, 0.3) is 0 Å². The fourth-order valence-corrected chi connectivity index (χ4v) is 3.63. The van der Waals surface area contributed by atoms with E-state index in [-0.39, 0.29) is 5.92 Å². The van der Waals surface area contributed by atoms with Crippen molar-refractivity contribution in [1.29, 1.82) is 0 Å². The Morgan fingerprint density at radius 2 is 1.94 bits per heavy atom. The highest BCUT2D eigenvalue weighted by molar-refractivity contribution is 6.70. The highest BCUT2D eigenvalue weighted by atomic mass is 28.4. The lowest BCUT2D eigenvalue weighted by Gasteiger charge is -2.37. The van der Waals surface area contributed by atoms with Gasteiger partial charge in [-0.3, -0.25) is 4.79 Å². The molecule has 18 heavy (non-hydrogen) atoms. The number of carboxylic acids is 1. The van der Waals surface area contributed by atoms with Crippen molar-refractivity contribution in [1.82, 2.24) is 0 Å². The van der Waals surface area contributed by atoms with Gasteiger partial charge in [0.2, 0.25) is 8.32 Å². The molecule has 0 saturated heterocycles. The third kappa shape index (κ3) is 3.37. The van der Waals surface area contributed by atoms with E-state index >= 15 is 0 Å². The van der Waals surface area contributed by atoms with Crippen LogP contribution in [0.4, 0.5) is 0 Å². The summed E-state index contributed by atoms with van der Waals surface area (Å²) in [7, 11) is -1.61. The second-order valence-corrected chi connectivity index (χ2v) is 11.2. The molecule has 104 valence electrons. The van der Waals surface area contributed by atoms with Crippen LogP contribution in [0.5, 0.6) is 0 Å². The first-order chi connectivity index (χ1) is 8.05. The Hall–Kier alpha value is -0.773. The van der Waals surface area contributed by atoms with Gasteiger partial charge in [0.15, 0.2) is 0 Å². The molecule has 0 fully saturated rings. The van der Waals surface area contributed by atoms with Crippen molar-refractivity contribution >= 4 is 14.3 Å². The molecule has 0 radical (unpaired) electrons. The Bertz CT molecular complexity index is 364. The van der Waals surface area contributed by atoms with Gasteiger partial charge in [0, 0.05) is 6.42 Å². The van der Waals surface area contributed by atoms with Crippen LogP contribution in [-0.2, 0) is 9.22 Å². The molecule has 0 amide bonds. The smallest absolute Gasteiger partial charge is 0.309 e. The third-order valence-corrected chi connectivity index (χ3v) is 4.57. The molecule has 0 spiro atoms. The number of carboxylic acid groups (broad SMARTS) is 1. The Kier molecular flexibility index (Phi) is 4.31. The number of hydrogen-bond acceptors (Lipinski definition) is 2. The quantitative estimate of drug-likeness (QED) is 0.785. The van der Waals surface area contributed by atoms with Crippen LogP contribution in [0, 0.1) is 11.3 Å². The summed E-state index contributed by atoms with van der Waals surface area (Å²) >= 11 is 0. The van der Waals surface area contributed by atoms with E-state index in [2.05, 4.69) is 19.6 Å². The van der Waals surface area contributed by atoms with Gasteiger partial charge in [0.1, 0.15) is 0 Å². The van der Waals surface area contributed by atoms with E-state index in [1.807, 2.05) is 20.8 Å².